The quantitative estimate of drug-likeness (QED) is 0.600. The van der Waals surface area contributed by atoms with Crippen LogP contribution in [-0.2, 0) is 25.8 Å². The van der Waals surface area contributed by atoms with Crippen LogP contribution in [0.4, 0.5) is 30.2 Å². The minimum Gasteiger partial charge on any atom is -0.308 e. The molecule has 0 radical (unpaired) electrons. The van der Waals surface area contributed by atoms with E-state index in [0.717, 1.165) is 29.3 Å². The Morgan fingerprint density at radius 3 is 2.31 bits per heavy atom. The van der Waals surface area contributed by atoms with Crippen LogP contribution in [0.2, 0.25) is 0 Å². The zero-order chi connectivity index (χ0) is 26.0. The van der Waals surface area contributed by atoms with E-state index in [4.69, 9.17) is 0 Å². The summed E-state index contributed by atoms with van der Waals surface area (Å²) in [4.78, 5) is 28.7. The van der Waals surface area contributed by atoms with Gasteiger partial charge in [-0.05, 0) is 67.6 Å². The molecule has 2 aromatic carbocycles. The van der Waals surface area contributed by atoms with Crippen molar-refractivity contribution in [1.29, 1.82) is 0 Å². The van der Waals surface area contributed by atoms with Gasteiger partial charge in [0, 0.05) is 25.9 Å². The maximum absolute atomic E-state index is 13.8. The average Bonchev–Trinajstić information content (AvgIpc) is 3.59. The zero-order valence-electron chi connectivity index (χ0n) is 19.9. The van der Waals surface area contributed by atoms with Crippen LogP contribution in [-0.4, -0.2) is 45.1 Å². The molecule has 2 amide bonds. The van der Waals surface area contributed by atoms with Crippen molar-refractivity contribution < 1.29 is 31.2 Å². The van der Waals surface area contributed by atoms with E-state index < -0.39 is 21.8 Å². The van der Waals surface area contributed by atoms with Crippen molar-refractivity contribution in [3.8, 4) is 11.1 Å². The van der Waals surface area contributed by atoms with E-state index in [9.17, 15) is 31.2 Å². The van der Waals surface area contributed by atoms with E-state index in [1.807, 2.05) is 6.92 Å². The largest absolute Gasteiger partial charge is 0.416 e. The van der Waals surface area contributed by atoms with Gasteiger partial charge in [0.05, 0.1) is 34.4 Å². The molecule has 192 valence electrons. The Hall–Kier alpha value is -3.08. The van der Waals surface area contributed by atoms with Gasteiger partial charge in [-0.2, -0.15) is 13.2 Å². The van der Waals surface area contributed by atoms with Gasteiger partial charge in [-0.3, -0.25) is 13.9 Å². The van der Waals surface area contributed by atoms with Crippen LogP contribution in [0.1, 0.15) is 38.7 Å². The van der Waals surface area contributed by atoms with Gasteiger partial charge in [-0.15, -0.1) is 0 Å². The fourth-order valence-corrected chi connectivity index (χ4v) is 6.61. The second-order valence-electron chi connectivity index (χ2n) is 9.67. The summed E-state index contributed by atoms with van der Waals surface area (Å²) >= 11 is 0. The van der Waals surface area contributed by atoms with Crippen LogP contribution in [0, 0.1) is 5.92 Å². The number of alkyl halides is 3. The third-order valence-electron chi connectivity index (χ3n) is 6.91. The summed E-state index contributed by atoms with van der Waals surface area (Å²) in [5, 5.41) is 0. The van der Waals surface area contributed by atoms with Gasteiger partial charge in [-0.25, -0.2) is 8.42 Å². The Balaban J connectivity index is 1.66. The lowest BCUT2D eigenvalue weighted by molar-refractivity contribution is -0.137. The number of amides is 2. The topological polar surface area (TPSA) is 78.0 Å². The van der Waals surface area contributed by atoms with Crippen molar-refractivity contribution in [2.45, 2.75) is 45.3 Å². The second-order valence-corrected chi connectivity index (χ2v) is 11.7. The standard InChI is InChI=1S/C25H26F3N3O4S/c1-15-14-29(24(33)17-4-5-17)23-12-18(6-7-22(23)31(15)16(2)32)19-10-20(25(26,27)28)13-21(11-19)30-8-3-9-36(30,34)35/h6-7,10-13,15,17H,3-5,8-9,14H2,1-2H3. The highest BCUT2D eigenvalue weighted by Gasteiger charge is 2.40. The fraction of sp³-hybridized carbons (Fsp3) is 0.440. The molecule has 1 unspecified atom stereocenters. The van der Waals surface area contributed by atoms with Crippen LogP contribution in [0.15, 0.2) is 36.4 Å². The molecule has 1 saturated heterocycles. The van der Waals surface area contributed by atoms with Gasteiger partial charge in [0.2, 0.25) is 21.8 Å². The lowest BCUT2D eigenvalue weighted by Crippen LogP contribution is -2.51. The highest BCUT2D eigenvalue weighted by Crippen LogP contribution is 2.43. The molecule has 2 aromatic rings. The molecule has 2 fully saturated rings. The number of nitrogens with zero attached hydrogens (tertiary/aromatic N) is 3. The number of anilines is 3. The minimum absolute atomic E-state index is 0.0417. The van der Waals surface area contributed by atoms with Crippen molar-refractivity contribution in [3.05, 3.63) is 42.0 Å². The van der Waals surface area contributed by atoms with Crippen molar-refractivity contribution in [3.63, 3.8) is 0 Å². The molecule has 0 bridgehead atoms. The normalized spacial score (nSPS) is 21.5. The monoisotopic (exact) mass is 521 g/mol. The summed E-state index contributed by atoms with van der Waals surface area (Å²) in [7, 11) is -3.69. The first-order valence-electron chi connectivity index (χ1n) is 11.8. The molecule has 0 spiro atoms. The first-order valence-corrected chi connectivity index (χ1v) is 13.5. The molecular formula is C25H26F3N3O4S. The number of fused-ring (bicyclic) bond motifs is 1. The smallest absolute Gasteiger partial charge is 0.308 e. The Kier molecular flexibility index (Phi) is 5.81. The summed E-state index contributed by atoms with van der Waals surface area (Å²) in [6.07, 6.45) is -2.77. The molecule has 7 nitrogen and oxygen atoms in total. The van der Waals surface area contributed by atoms with Gasteiger partial charge in [0.15, 0.2) is 0 Å². The Morgan fingerprint density at radius 2 is 1.72 bits per heavy atom. The number of carbonyl (C=O) groups excluding carboxylic acids is 2. The van der Waals surface area contributed by atoms with E-state index in [2.05, 4.69) is 0 Å². The Bertz CT molecular complexity index is 1350. The summed E-state index contributed by atoms with van der Waals surface area (Å²) < 4.78 is 67.3. The lowest BCUT2D eigenvalue weighted by Gasteiger charge is -2.41. The molecule has 1 atom stereocenters. The summed E-state index contributed by atoms with van der Waals surface area (Å²) in [6.45, 7) is 3.68. The molecule has 1 aliphatic carbocycles. The van der Waals surface area contributed by atoms with Crippen LogP contribution in [0.25, 0.3) is 11.1 Å². The average molecular weight is 522 g/mol. The summed E-state index contributed by atoms with van der Waals surface area (Å²) in [5.41, 5.74) is 0.555. The van der Waals surface area contributed by atoms with E-state index >= 15 is 0 Å². The number of sulfonamides is 1. The van der Waals surface area contributed by atoms with Crippen LogP contribution >= 0.6 is 0 Å². The molecule has 36 heavy (non-hydrogen) atoms. The van der Waals surface area contributed by atoms with E-state index in [1.165, 1.54) is 13.0 Å². The lowest BCUT2D eigenvalue weighted by atomic mass is 9.98. The number of carbonyl (C=O) groups is 2. The second kappa shape index (κ2) is 8.50. The van der Waals surface area contributed by atoms with Gasteiger partial charge < -0.3 is 9.80 Å². The zero-order valence-corrected chi connectivity index (χ0v) is 20.7. The van der Waals surface area contributed by atoms with Gasteiger partial charge in [0.25, 0.3) is 0 Å². The van der Waals surface area contributed by atoms with E-state index in [0.29, 0.717) is 23.4 Å². The molecule has 1 saturated carbocycles. The maximum Gasteiger partial charge on any atom is 0.416 e. The summed E-state index contributed by atoms with van der Waals surface area (Å²) in [5.74, 6) is -0.459. The Morgan fingerprint density at radius 1 is 1.00 bits per heavy atom. The van der Waals surface area contributed by atoms with Crippen molar-refractivity contribution >= 4 is 38.9 Å². The van der Waals surface area contributed by atoms with E-state index in [-0.39, 0.29) is 53.9 Å². The SMILES string of the molecule is CC(=O)N1c2ccc(-c3cc(N4CCCS4(=O)=O)cc(C(F)(F)F)c3)cc2N(C(=O)C2CC2)CC1C. The number of halogens is 3. The molecule has 0 N–H and O–H groups in total. The van der Waals surface area contributed by atoms with Gasteiger partial charge in [-0.1, -0.05) is 6.07 Å². The number of rotatable bonds is 3. The first kappa shape index (κ1) is 24.6. The van der Waals surface area contributed by atoms with Crippen molar-refractivity contribution in [2.75, 3.05) is 32.9 Å². The highest BCUT2D eigenvalue weighted by molar-refractivity contribution is 7.93. The number of benzene rings is 2. The summed E-state index contributed by atoms with van der Waals surface area (Å²) in [6, 6.07) is 7.87. The molecule has 5 rings (SSSR count). The van der Waals surface area contributed by atoms with Crippen LogP contribution in [0.3, 0.4) is 0 Å². The maximum atomic E-state index is 13.8. The first-order chi connectivity index (χ1) is 16.9. The molecule has 2 aliphatic heterocycles. The number of hydrogen-bond donors (Lipinski definition) is 0. The number of hydrogen-bond acceptors (Lipinski definition) is 4. The third kappa shape index (κ3) is 4.33. The molecular weight excluding hydrogens is 495 g/mol. The van der Waals surface area contributed by atoms with Crippen LogP contribution in [0.5, 0.6) is 0 Å². The van der Waals surface area contributed by atoms with Gasteiger partial charge >= 0.3 is 6.18 Å². The third-order valence-corrected chi connectivity index (χ3v) is 8.78. The fourth-order valence-electron chi connectivity index (χ4n) is 5.06. The Labute approximate surface area is 207 Å². The molecule has 0 aromatic heterocycles. The molecule has 11 heteroatoms. The minimum atomic E-state index is -4.68. The predicted octanol–water partition coefficient (Wildman–Crippen LogP) is 4.41. The van der Waals surface area contributed by atoms with Crippen molar-refractivity contribution in [1.82, 2.24) is 0 Å². The predicted molar refractivity (Wildman–Crippen MR) is 130 cm³/mol. The van der Waals surface area contributed by atoms with Crippen molar-refractivity contribution in [2.24, 2.45) is 5.92 Å². The van der Waals surface area contributed by atoms with Crippen LogP contribution < -0.4 is 14.1 Å². The molecule has 3 aliphatic rings. The molecule has 2 heterocycles. The highest BCUT2D eigenvalue weighted by atomic mass is 32.2. The van der Waals surface area contributed by atoms with Gasteiger partial charge in [0.1, 0.15) is 0 Å². The van der Waals surface area contributed by atoms with E-state index in [1.54, 1.807) is 28.0 Å².